The number of nitrogens with one attached hydrogen (secondary N) is 2. The van der Waals surface area contributed by atoms with Gasteiger partial charge in [0.1, 0.15) is 11.3 Å². The van der Waals surface area contributed by atoms with Gasteiger partial charge in [0.05, 0.1) is 0 Å². The third-order valence-corrected chi connectivity index (χ3v) is 5.64. The first-order valence-corrected chi connectivity index (χ1v) is 11.2. The average molecular weight is 488 g/mol. The fraction of sp³-hybridized carbons (Fsp3) is 0.0385. The van der Waals surface area contributed by atoms with E-state index in [0.29, 0.717) is 33.4 Å². The van der Waals surface area contributed by atoms with E-state index < -0.39 is 0 Å². The molecule has 0 radical (unpaired) electrons. The second-order valence-corrected chi connectivity index (χ2v) is 8.26. The van der Waals surface area contributed by atoms with Crippen molar-refractivity contribution < 1.29 is 13.9 Å². The number of benzene rings is 4. The normalized spacial score (nSPS) is 10.9. The molecule has 2 N–H and O–H groups in total. The molecule has 6 nitrogen and oxygen atoms in total. The van der Waals surface area contributed by atoms with Crippen LogP contribution in [0.2, 0.25) is 5.02 Å². The molecular formula is C26H18ClN3O3S. The Labute approximate surface area is 205 Å². The van der Waals surface area contributed by atoms with Gasteiger partial charge in [0, 0.05) is 21.7 Å². The van der Waals surface area contributed by atoms with E-state index >= 15 is 0 Å². The summed E-state index contributed by atoms with van der Waals surface area (Å²) < 4.78 is 11.4. The number of para-hydroxylation sites is 1. The lowest BCUT2D eigenvalue weighted by atomic mass is 10.0. The summed E-state index contributed by atoms with van der Waals surface area (Å²) >= 11 is 11.6. The van der Waals surface area contributed by atoms with Gasteiger partial charge in [0.2, 0.25) is 5.89 Å². The van der Waals surface area contributed by atoms with Crippen LogP contribution in [0.1, 0.15) is 0 Å². The van der Waals surface area contributed by atoms with Gasteiger partial charge < -0.3 is 14.5 Å². The highest BCUT2D eigenvalue weighted by atomic mass is 35.5. The molecule has 1 heterocycles. The number of hydrogen-bond acceptors (Lipinski definition) is 5. The fourth-order valence-corrected chi connectivity index (χ4v) is 4.04. The first-order chi connectivity index (χ1) is 16.6. The van der Waals surface area contributed by atoms with E-state index in [1.54, 1.807) is 30.3 Å². The van der Waals surface area contributed by atoms with Gasteiger partial charge in [-0.25, -0.2) is 4.98 Å². The number of rotatable bonds is 5. The van der Waals surface area contributed by atoms with Crippen LogP contribution in [-0.4, -0.2) is 22.6 Å². The molecule has 0 spiro atoms. The zero-order valence-electron chi connectivity index (χ0n) is 17.7. The van der Waals surface area contributed by atoms with E-state index in [-0.39, 0.29) is 17.6 Å². The smallest absolute Gasteiger partial charge is 0.264 e. The molecule has 0 aliphatic carbocycles. The van der Waals surface area contributed by atoms with Gasteiger partial charge in [-0.3, -0.25) is 10.1 Å². The van der Waals surface area contributed by atoms with E-state index in [4.69, 9.17) is 33.0 Å². The van der Waals surface area contributed by atoms with Crippen molar-refractivity contribution in [3.63, 3.8) is 0 Å². The van der Waals surface area contributed by atoms with Gasteiger partial charge in [-0.15, -0.1) is 0 Å². The third-order valence-electron chi connectivity index (χ3n) is 5.11. The molecule has 0 saturated carbocycles. The van der Waals surface area contributed by atoms with Crippen molar-refractivity contribution in [1.29, 1.82) is 0 Å². The number of amides is 1. The first-order valence-electron chi connectivity index (χ1n) is 10.4. The number of ether oxygens (including phenoxy) is 1. The van der Waals surface area contributed by atoms with Crippen LogP contribution >= 0.6 is 23.8 Å². The summed E-state index contributed by atoms with van der Waals surface area (Å²) in [6.45, 7) is -0.146. The summed E-state index contributed by atoms with van der Waals surface area (Å²) in [6.07, 6.45) is 0. The predicted molar refractivity (Wildman–Crippen MR) is 138 cm³/mol. The molecule has 4 aromatic carbocycles. The van der Waals surface area contributed by atoms with Crippen molar-refractivity contribution in [3.05, 3.63) is 90.0 Å². The Morgan fingerprint density at radius 2 is 1.76 bits per heavy atom. The number of hydrogen-bond donors (Lipinski definition) is 2. The number of nitrogens with zero attached hydrogens (tertiary/aromatic N) is 1. The average Bonchev–Trinajstić information content (AvgIpc) is 3.26. The van der Waals surface area contributed by atoms with E-state index in [1.807, 2.05) is 54.6 Å². The lowest BCUT2D eigenvalue weighted by molar-refractivity contribution is -0.121. The molecule has 0 unspecified atom stereocenters. The zero-order chi connectivity index (χ0) is 23.5. The Morgan fingerprint density at radius 1 is 0.971 bits per heavy atom. The highest BCUT2D eigenvalue weighted by molar-refractivity contribution is 7.80. The summed E-state index contributed by atoms with van der Waals surface area (Å²) in [5.41, 5.74) is 2.81. The van der Waals surface area contributed by atoms with E-state index in [2.05, 4.69) is 15.6 Å². The standard InChI is InChI=1S/C26H18ClN3O3S/c27-21-11-5-8-18-19(21)9-4-10-20(18)25-29-22-14-16(12-13-23(22)33-25)28-26(34)30-24(31)15-32-17-6-2-1-3-7-17/h1-14H,15H2,(H2,28,30,31,34). The first kappa shape index (κ1) is 21.9. The minimum Gasteiger partial charge on any atom is -0.484 e. The van der Waals surface area contributed by atoms with Crippen LogP contribution in [0.15, 0.2) is 89.3 Å². The van der Waals surface area contributed by atoms with Crippen LogP contribution in [0.5, 0.6) is 5.75 Å². The summed E-state index contributed by atoms with van der Waals surface area (Å²) in [5.74, 6) is 0.743. The number of carbonyl (C=O) groups excluding carboxylic acids is 1. The highest BCUT2D eigenvalue weighted by Crippen LogP contribution is 2.33. The topological polar surface area (TPSA) is 76.4 Å². The van der Waals surface area contributed by atoms with Gasteiger partial charge in [-0.1, -0.05) is 54.1 Å². The molecule has 5 aromatic rings. The Balaban J connectivity index is 1.29. The highest BCUT2D eigenvalue weighted by Gasteiger charge is 2.13. The quantitative estimate of drug-likeness (QED) is 0.288. The minimum absolute atomic E-state index is 0.146. The number of aromatic nitrogens is 1. The SMILES string of the molecule is O=C(COc1ccccc1)NC(=S)Nc1ccc2oc(-c3cccc4c(Cl)cccc34)nc2c1. The summed E-state index contributed by atoms with van der Waals surface area (Å²) in [5, 5.41) is 8.32. The molecule has 0 bridgehead atoms. The van der Waals surface area contributed by atoms with Gasteiger partial charge in [-0.05, 0) is 60.1 Å². The largest absolute Gasteiger partial charge is 0.484 e. The monoisotopic (exact) mass is 487 g/mol. The van der Waals surface area contributed by atoms with Gasteiger partial charge in [0.25, 0.3) is 5.91 Å². The number of fused-ring (bicyclic) bond motifs is 2. The number of oxazole rings is 1. The van der Waals surface area contributed by atoms with Crippen LogP contribution < -0.4 is 15.4 Å². The van der Waals surface area contributed by atoms with Crippen molar-refractivity contribution in [2.45, 2.75) is 0 Å². The maximum atomic E-state index is 12.1. The second-order valence-electron chi connectivity index (χ2n) is 7.45. The predicted octanol–water partition coefficient (Wildman–Crippen LogP) is 6.19. The molecular weight excluding hydrogens is 470 g/mol. The molecule has 0 aliphatic heterocycles. The Kier molecular flexibility index (Phi) is 6.12. The summed E-state index contributed by atoms with van der Waals surface area (Å²) in [4.78, 5) is 16.8. The van der Waals surface area contributed by atoms with Crippen LogP contribution in [-0.2, 0) is 4.79 Å². The third kappa shape index (κ3) is 4.71. The van der Waals surface area contributed by atoms with Crippen molar-refractivity contribution >= 4 is 62.4 Å². The molecule has 1 amide bonds. The van der Waals surface area contributed by atoms with Crippen LogP contribution in [0, 0.1) is 0 Å². The number of thiocarbonyl (C=S) groups is 1. The lowest BCUT2D eigenvalue weighted by Crippen LogP contribution is -2.37. The van der Waals surface area contributed by atoms with Gasteiger partial charge >= 0.3 is 0 Å². The molecule has 34 heavy (non-hydrogen) atoms. The fourth-order valence-electron chi connectivity index (χ4n) is 3.57. The minimum atomic E-state index is -0.360. The molecule has 168 valence electrons. The summed E-state index contributed by atoms with van der Waals surface area (Å²) in [6, 6.07) is 26.1. The second kappa shape index (κ2) is 9.51. The van der Waals surface area contributed by atoms with Crippen LogP contribution in [0.4, 0.5) is 5.69 Å². The van der Waals surface area contributed by atoms with Gasteiger partial charge in [-0.2, -0.15) is 0 Å². The van der Waals surface area contributed by atoms with Crippen molar-refractivity contribution in [1.82, 2.24) is 10.3 Å². The van der Waals surface area contributed by atoms with Crippen LogP contribution in [0.3, 0.4) is 0 Å². The van der Waals surface area contributed by atoms with E-state index in [1.165, 1.54) is 0 Å². The molecule has 0 aliphatic rings. The van der Waals surface area contributed by atoms with Crippen molar-refractivity contribution in [2.75, 3.05) is 11.9 Å². The van der Waals surface area contributed by atoms with Crippen molar-refractivity contribution in [3.8, 4) is 17.2 Å². The Bertz CT molecular complexity index is 1520. The molecule has 0 saturated heterocycles. The van der Waals surface area contributed by atoms with Gasteiger partial charge in [0.15, 0.2) is 17.3 Å². The zero-order valence-corrected chi connectivity index (χ0v) is 19.3. The number of halogens is 1. The maximum absolute atomic E-state index is 12.1. The maximum Gasteiger partial charge on any atom is 0.264 e. The summed E-state index contributed by atoms with van der Waals surface area (Å²) in [7, 11) is 0. The lowest BCUT2D eigenvalue weighted by Gasteiger charge is -2.10. The molecule has 8 heteroatoms. The molecule has 0 fully saturated rings. The Morgan fingerprint density at radius 3 is 2.62 bits per heavy atom. The molecule has 5 rings (SSSR count). The van der Waals surface area contributed by atoms with E-state index in [0.717, 1.165) is 16.3 Å². The Hall–Kier alpha value is -3.94. The van der Waals surface area contributed by atoms with E-state index in [9.17, 15) is 4.79 Å². The molecule has 0 atom stereocenters. The van der Waals surface area contributed by atoms with Crippen molar-refractivity contribution in [2.24, 2.45) is 0 Å². The van der Waals surface area contributed by atoms with Crippen LogP contribution in [0.25, 0.3) is 33.3 Å². The number of anilines is 1. The molecule has 1 aromatic heterocycles. The number of carbonyl (C=O) groups is 1.